The Bertz CT molecular complexity index is 1680. The fourth-order valence-electron chi connectivity index (χ4n) is 5.89. The Balaban J connectivity index is 1.68. The Morgan fingerprint density at radius 2 is 1.95 bits per heavy atom. The van der Waals surface area contributed by atoms with E-state index in [1.807, 2.05) is 9.80 Å². The van der Waals surface area contributed by atoms with Crippen molar-refractivity contribution in [3.63, 3.8) is 0 Å². The summed E-state index contributed by atoms with van der Waals surface area (Å²) in [5.74, 6) is 0.357. The molecule has 2 aliphatic rings. The van der Waals surface area contributed by atoms with E-state index in [4.69, 9.17) is 4.98 Å². The van der Waals surface area contributed by atoms with Gasteiger partial charge in [-0.15, -0.1) is 0 Å². The molecule has 1 unspecified atom stereocenters. The zero-order chi connectivity index (χ0) is 31.8. The Hall–Kier alpha value is -4.51. The summed E-state index contributed by atoms with van der Waals surface area (Å²) in [5, 5.41) is 13.9. The second-order valence-electron chi connectivity index (χ2n) is 11.3. The van der Waals surface area contributed by atoms with Gasteiger partial charge in [0.05, 0.1) is 48.0 Å². The van der Waals surface area contributed by atoms with Crippen LogP contribution in [0.25, 0.3) is 16.6 Å². The van der Waals surface area contributed by atoms with Crippen LogP contribution in [-0.2, 0) is 11.0 Å². The number of benzene rings is 1. The Morgan fingerprint density at radius 3 is 2.64 bits per heavy atom. The molecular formula is C30H34F3N9O2. The van der Waals surface area contributed by atoms with E-state index in [-0.39, 0.29) is 59.6 Å². The zero-order valence-corrected chi connectivity index (χ0v) is 24.9. The van der Waals surface area contributed by atoms with Crippen LogP contribution in [0.5, 0.6) is 0 Å². The number of amides is 1. The molecule has 0 spiro atoms. The fourth-order valence-corrected chi connectivity index (χ4v) is 5.89. The molecule has 1 atom stereocenters. The number of rotatable bonds is 6. The number of carbonyl (C=O) groups excluding carboxylic acids is 1. The number of aryl methyl sites for hydroxylation is 1. The van der Waals surface area contributed by atoms with Gasteiger partial charge in [0.25, 0.3) is 5.56 Å². The Morgan fingerprint density at radius 1 is 1.18 bits per heavy atom. The third kappa shape index (κ3) is 5.84. The molecule has 0 N–H and O–H groups in total. The van der Waals surface area contributed by atoms with Crippen LogP contribution in [0.3, 0.4) is 0 Å². The second kappa shape index (κ2) is 12.2. The number of nitrogens with zero attached hydrogens (tertiary/aromatic N) is 9. The first-order valence-corrected chi connectivity index (χ1v) is 14.5. The number of hydrogen-bond donors (Lipinski definition) is 0. The van der Waals surface area contributed by atoms with Crippen LogP contribution in [0.4, 0.5) is 24.9 Å². The maximum atomic E-state index is 14.1. The fraction of sp³-hybridized carbons (Fsp3) is 0.467. The molecule has 2 fully saturated rings. The van der Waals surface area contributed by atoms with Gasteiger partial charge < -0.3 is 14.7 Å². The van der Waals surface area contributed by atoms with Gasteiger partial charge in [-0.3, -0.25) is 14.5 Å². The number of anilines is 2. The SMILES string of the molecule is C=CC(=O)N1CCN(c2nc(N3CCCN(C(C)C)C3)nc3c(=O)n(-c4cccc(C)c4C(F)(F)F)ncc23)CC1CC#N. The van der Waals surface area contributed by atoms with E-state index in [1.165, 1.54) is 37.4 Å². The van der Waals surface area contributed by atoms with Crippen molar-refractivity contribution < 1.29 is 18.0 Å². The average Bonchev–Trinajstić information content (AvgIpc) is 3.00. The molecule has 0 bridgehead atoms. The average molecular weight is 610 g/mol. The minimum absolute atomic E-state index is 0.0366. The molecule has 1 aromatic carbocycles. The highest BCUT2D eigenvalue weighted by Gasteiger charge is 2.37. The monoisotopic (exact) mass is 609 g/mol. The van der Waals surface area contributed by atoms with Crippen molar-refractivity contribution in [1.82, 2.24) is 29.5 Å². The van der Waals surface area contributed by atoms with Crippen LogP contribution >= 0.6 is 0 Å². The second-order valence-corrected chi connectivity index (χ2v) is 11.3. The van der Waals surface area contributed by atoms with Gasteiger partial charge in [0.2, 0.25) is 11.9 Å². The molecule has 11 nitrogen and oxygen atoms in total. The van der Waals surface area contributed by atoms with Crippen LogP contribution in [0, 0.1) is 18.3 Å². The van der Waals surface area contributed by atoms with E-state index in [1.54, 1.807) is 4.90 Å². The highest BCUT2D eigenvalue weighted by atomic mass is 19.4. The number of nitriles is 1. The Labute approximate surface area is 252 Å². The third-order valence-electron chi connectivity index (χ3n) is 8.18. The first-order valence-electron chi connectivity index (χ1n) is 14.5. The lowest BCUT2D eigenvalue weighted by atomic mass is 10.1. The van der Waals surface area contributed by atoms with Crippen molar-refractivity contribution in [3.8, 4) is 11.8 Å². The molecule has 44 heavy (non-hydrogen) atoms. The molecule has 4 heterocycles. The smallest absolute Gasteiger partial charge is 0.352 e. The van der Waals surface area contributed by atoms with Gasteiger partial charge in [0.15, 0.2) is 0 Å². The summed E-state index contributed by atoms with van der Waals surface area (Å²) in [6.45, 7) is 12.0. The lowest BCUT2D eigenvalue weighted by Gasteiger charge is -2.41. The lowest BCUT2D eigenvalue weighted by Crippen LogP contribution is -2.55. The maximum absolute atomic E-state index is 14.1. The van der Waals surface area contributed by atoms with Crippen molar-refractivity contribution >= 4 is 28.6 Å². The summed E-state index contributed by atoms with van der Waals surface area (Å²) < 4.78 is 43.1. The normalized spacial score (nSPS) is 18.1. The topological polar surface area (TPSA) is 114 Å². The summed E-state index contributed by atoms with van der Waals surface area (Å²) >= 11 is 0. The molecule has 232 valence electrons. The van der Waals surface area contributed by atoms with Crippen LogP contribution in [0.15, 0.2) is 41.8 Å². The van der Waals surface area contributed by atoms with E-state index in [0.29, 0.717) is 25.6 Å². The molecule has 0 radical (unpaired) electrons. The molecule has 2 aromatic heterocycles. The van der Waals surface area contributed by atoms with E-state index in [0.717, 1.165) is 17.6 Å². The van der Waals surface area contributed by atoms with Gasteiger partial charge in [-0.05, 0) is 44.9 Å². The first-order chi connectivity index (χ1) is 20.9. The number of fused-ring (bicyclic) bond motifs is 1. The van der Waals surface area contributed by atoms with Crippen molar-refractivity contribution in [2.45, 2.75) is 51.9 Å². The van der Waals surface area contributed by atoms with Gasteiger partial charge in [0.1, 0.15) is 11.3 Å². The number of halogens is 3. The number of hydrogen-bond acceptors (Lipinski definition) is 9. The van der Waals surface area contributed by atoms with Gasteiger partial charge in [-0.2, -0.15) is 33.2 Å². The minimum atomic E-state index is -4.72. The minimum Gasteiger partial charge on any atom is -0.352 e. The molecule has 1 amide bonds. The standard InChI is InChI=1S/C30H34F3N9O2/c1-5-24(43)41-15-14-38(17-21(41)10-11-34)27-22-16-35-42(23-9-6-8-20(4)25(23)30(31,32)33)28(44)26(22)36-29(37-27)40-13-7-12-39(18-40)19(2)3/h5-6,8-9,16,19,21H,1,7,10,12-15,17-18H2,2-4H3. The predicted molar refractivity (Wildman–Crippen MR) is 159 cm³/mol. The number of piperazine rings is 1. The predicted octanol–water partition coefficient (Wildman–Crippen LogP) is 3.50. The molecule has 0 aliphatic carbocycles. The molecule has 5 rings (SSSR count). The quantitative estimate of drug-likeness (QED) is 0.388. The highest BCUT2D eigenvalue weighted by Crippen LogP contribution is 2.36. The van der Waals surface area contributed by atoms with Crippen LogP contribution < -0.4 is 15.4 Å². The molecule has 0 saturated carbocycles. The van der Waals surface area contributed by atoms with E-state index < -0.39 is 23.3 Å². The number of aromatic nitrogens is 4. The summed E-state index contributed by atoms with van der Waals surface area (Å²) in [5.41, 5.74) is -2.26. The van der Waals surface area contributed by atoms with Crippen LogP contribution in [-0.4, -0.2) is 86.9 Å². The van der Waals surface area contributed by atoms with Crippen molar-refractivity contribution in [3.05, 3.63) is 58.5 Å². The van der Waals surface area contributed by atoms with E-state index >= 15 is 0 Å². The van der Waals surface area contributed by atoms with Gasteiger partial charge >= 0.3 is 6.18 Å². The maximum Gasteiger partial charge on any atom is 0.418 e. The van der Waals surface area contributed by atoms with E-state index in [9.17, 15) is 28.0 Å². The van der Waals surface area contributed by atoms with Crippen molar-refractivity contribution in [2.24, 2.45) is 0 Å². The highest BCUT2D eigenvalue weighted by molar-refractivity contribution is 5.90. The van der Waals surface area contributed by atoms with Crippen molar-refractivity contribution in [2.75, 3.05) is 49.2 Å². The molecular weight excluding hydrogens is 575 g/mol. The largest absolute Gasteiger partial charge is 0.418 e. The van der Waals surface area contributed by atoms with Gasteiger partial charge in [-0.1, -0.05) is 18.7 Å². The Kier molecular flexibility index (Phi) is 8.60. The van der Waals surface area contributed by atoms with Crippen LogP contribution in [0.2, 0.25) is 0 Å². The molecule has 2 saturated heterocycles. The lowest BCUT2D eigenvalue weighted by molar-refractivity contribution is -0.138. The summed E-state index contributed by atoms with van der Waals surface area (Å²) in [4.78, 5) is 43.7. The first kappa shape index (κ1) is 30.9. The van der Waals surface area contributed by atoms with Gasteiger partial charge in [0, 0.05) is 38.8 Å². The molecule has 14 heteroatoms. The summed E-state index contributed by atoms with van der Waals surface area (Å²) in [6, 6.07) is 5.92. The van der Waals surface area contributed by atoms with Crippen LogP contribution in [0.1, 0.15) is 37.8 Å². The summed E-state index contributed by atoms with van der Waals surface area (Å²) in [7, 11) is 0. The molecule has 2 aliphatic heterocycles. The molecule has 3 aromatic rings. The number of alkyl halides is 3. The van der Waals surface area contributed by atoms with E-state index in [2.05, 4.69) is 41.5 Å². The van der Waals surface area contributed by atoms with Gasteiger partial charge in [-0.25, -0.2) is 4.98 Å². The van der Waals surface area contributed by atoms with Crippen molar-refractivity contribution in [1.29, 1.82) is 5.26 Å². The number of carbonyl (C=O) groups is 1. The third-order valence-corrected chi connectivity index (χ3v) is 8.18. The summed E-state index contributed by atoms with van der Waals surface area (Å²) in [6.07, 6.45) is -1.29. The zero-order valence-electron chi connectivity index (χ0n) is 24.9.